The smallest absolute Gasteiger partial charge is 0.328 e. The standard InChI is InChI=1S/C22H26N2O5/c1-15(23)29-19-11-6-17(7-12-19)14-20(22(26)28-3)24-21(25)13-8-16-4-9-18(27-2)10-5-16/h4-7,9-12,20,23H,8,13-14H2,1-3H3,(H,24,25). The summed E-state index contributed by atoms with van der Waals surface area (Å²) in [7, 11) is 2.90. The second-order valence-electron chi connectivity index (χ2n) is 6.50. The van der Waals surface area contributed by atoms with Crippen molar-refractivity contribution in [2.24, 2.45) is 0 Å². The molecule has 0 spiro atoms. The number of carbonyl (C=O) groups is 2. The van der Waals surface area contributed by atoms with Gasteiger partial charge in [0, 0.05) is 19.8 Å². The maximum atomic E-state index is 12.3. The Labute approximate surface area is 170 Å². The number of rotatable bonds is 9. The Morgan fingerprint density at radius 3 is 2.10 bits per heavy atom. The number of methoxy groups -OCH3 is 2. The molecule has 0 aliphatic rings. The summed E-state index contributed by atoms with van der Waals surface area (Å²) < 4.78 is 15.2. The highest BCUT2D eigenvalue weighted by molar-refractivity contribution is 5.84. The molecule has 1 unspecified atom stereocenters. The van der Waals surface area contributed by atoms with Gasteiger partial charge in [0.2, 0.25) is 5.91 Å². The van der Waals surface area contributed by atoms with Gasteiger partial charge in [-0.25, -0.2) is 4.79 Å². The van der Waals surface area contributed by atoms with E-state index in [-0.39, 0.29) is 18.2 Å². The molecule has 0 saturated carbocycles. The summed E-state index contributed by atoms with van der Waals surface area (Å²) in [5, 5.41) is 10.1. The lowest BCUT2D eigenvalue weighted by atomic mass is 10.0. The lowest BCUT2D eigenvalue weighted by Gasteiger charge is -2.17. The summed E-state index contributed by atoms with van der Waals surface area (Å²) in [5.74, 6) is 0.666. The lowest BCUT2D eigenvalue weighted by molar-refractivity contribution is -0.145. The second kappa shape index (κ2) is 10.8. The Kier molecular flexibility index (Phi) is 8.21. The summed E-state index contributed by atoms with van der Waals surface area (Å²) in [4.78, 5) is 24.5. The predicted molar refractivity (Wildman–Crippen MR) is 109 cm³/mol. The van der Waals surface area contributed by atoms with Crippen LogP contribution in [0.3, 0.4) is 0 Å². The van der Waals surface area contributed by atoms with Crippen LogP contribution in [0.1, 0.15) is 24.5 Å². The van der Waals surface area contributed by atoms with E-state index in [0.717, 1.165) is 16.9 Å². The minimum absolute atomic E-state index is 0.0920. The van der Waals surface area contributed by atoms with Gasteiger partial charge < -0.3 is 19.5 Å². The van der Waals surface area contributed by atoms with Gasteiger partial charge in [-0.3, -0.25) is 10.2 Å². The van der Waals surface area contributed by atoms with Crippen molar-refractivity contribution in [1.29, 1.82) is 5.41 Å². The molecule has 1 amide bonds. The molecule has 29 heavy (non-hydrogen) atoms. The molecular weight excluding hydrogens is 372 g/mol. The number of hydrogen-bond donors (Lipinski definition) is 2. The summed E-state index contributed by atoms with van der Waals surface area (Å²) in [6, 6.07) is 13.7. The molecule has 2 aromatic rings. The van der Waals surface area contributed by atoms with Gasteiger partial charge in [-0.05, 0) is 41.8 Å². The topological polar surface area (TPSA) is 97.7 Å². The van der Waals surface area contributed by atoms with Crippen molar-refractivity contribution < 1.29 is 23.8 Å². The largest absolute Gasteiger partial charge is 0.497 e. The van der Waals surface area contributed by atoms with Crippen molar-refractivity contribution in [3.05, 3.63) is 59.7 Å². The van der Waals surface area contributed by atoms with Crippen molar-refractivity contribution in [1.82, 2.24) is 5.32 Å². The van der Waals surface area contributed by atoms with Gasteiger partial charge in [0.1, 0.15) is 17.5 Å². The molecule has 2 aromatic carbocycles. The maximum absolute atomic E-state index is 12.3. The monoisotopic (exact) mass is 398 g/mol. The molecule has 0 aliphatic carbocycles. The van der Waals surface area contributed by atoms with Crippen molar-refractivity contribution in [3.63, 3.8) is 0 Å². The molecule has 1 atom stereocenters. The number of carbonyl (C=O) groups excluding carboxylic acids is 2. The van der Waals surface area contributed by atoms with Crippen molar-refractivity contribution in [2.45, 2.75) is 32.2 Å². The van der Waals surface area contributed by atoms with E-state index in [1.807, 2.05) is 24.3 Å². The second-order valence-corrected chi connectivity index (χ2v) is 6.50. The summed E-state index contributed by atoms with van der Waals surface area (Å²) in [5.41, 5.74) is 1.85. The van der Waals surface area contributed by atoms with Crippen molar-refractivity contribution in [2.75, 3.05) is 14.2 Å². The molecule has 0 saturated heterocycles. The van der Waals surface area contributed by atoms with E-state index in [1.54, 1.807) is 38.3 Å². The Morgan fingerprint density at radius 2 is 1.55 bits per heavy atom. The fraction of sp³-hybridized carbons (Fsp3) is 0.318. The number of ether oxygens (including phenoxy) is 3. The van der Waals surface area contributed by atoms with Gasteiger partial charge in [-0.2, -0.15) is 0 Å². The Bertz CT molecular complexity index is 831. The number of aryl methyl sites for hydroxylation is 1. The molecule has 7 nitrogen and oxygen atoms in total. The lowest BCUT2D eigenvalue weighted by Crippen LogP contribution is -2.43. The third-order valence-corrected chi connectivity index (χ3v) is 4.25. The zero-order valence-corrected chi connectivity index (χ0v) is 16.9. The molecule has 0 heterocycles. The van der Waals surface area contributed by atoms with E-state index >= 15 is 0 Å². The third-order valence-electron chi connectivity index (χ3n) is 4.25. The van der Waals surface area contributed by atoms with Gasteiger partial charge in [-0.1, -0.05) is 24.3 Å². The average molecular weight is 398 g/mol. The van der Waals surface area contributed by atoms with Gasteiger partial charge in [-0.15, -0.1) is 0 Å². The molecule has 0 aliphatic heterocycles. The first-order chi connectivity index (χ1) is 13.9. The van der Waals surface area contributed by atoms with Crippen LogP contribution in [0.15, 0.2) is 48.5 Å². The molecule has 7 heteroatoms. The highest BCUT2D eigenvalue weighted by Gasteiger charge is 2.22. The fourth-order valence-corrected chi connectivity index (χ4v) is 2.76. The summed E-state index contributed by atoms with van der Waals surface area (Å²) >= 11 is 0. The van der Waals surface area contributed by atoms with Crippen LogP contribution in [-0.2, 0) is 27.2 Å². The molecule has 154 valence electrons. The zero-order valence-electron chi connectivity index (χ0n) is 16.9. The third kappa shape index (κ3) is 7.29. The molecule has 0 aromatic heterocycles. The van der Waals surface area contributed by atoms with Crippen LogP contribution in [0.2, 0.25) is 0 Å². The van der Waals surface area contributed by atoms with Crippen LogP contribution in [0.25, 0.3) is 0 Å². The highest BCUT2D eigenvalue weighted by Crippen LogP contribution is 2.15. The van der Waals surface area contributed by atoms with Crippen LogP contribution in [-0.4, -0.2) is 38.0 Å². The van der Waals surface area contributed by atoms with Crippen LogP contribution in [0, 0.1) is 5.41 Å². The van der Waals surface area contributed by atoms with Crippen LogP contribution < -0.4 is 14.8 Å². The first-order valence-corrected chi connectivity index (χ1v) is 9.23. The van der Waals surface area contributed by atoms with E-state index in [2.05, 4.69) is 5.32 Å². The number of amides is 1. The molecular formula is C22H26N2O5. The minimum Gasteiger partial charge on any atom is -0.497 e. The predicted octanol–water partition coefficient (Wildman–Crippen LogP) is 2.90. The number of hydrogen-bond acceptors (Lipinski definition) is 6. The SMILES string of the molecule is COC(=O)C(Cc1ccc(OC(C)=N)cc1)NC(=O)CCc1ccc(OC)cc1. The van der Waals surface area contributed by atoms with E-state index in [0.29, 0.717) is 18.6 Å². The van der Waals surface area contributed by atoms with E-state index in [9.17, 15) is 9.59 Å². The normalized spacial score (nSPS) is 11.3. The number of nitrogens with one attached hydrogen (secondary N) is 2. The Balaban J connectivity index is 1.94. The van der Waals surface area contributed by atoms with Crippen LogP contribution >= 0.6 is 0 Å². The van der Waals surface area contributed by atoms with Crippen molar-refractivity contribution in [3.8, 4) is 11.5 Å². The summed E-state index contributed by atoms with van der Waals surface area (Å²) in [6.45, 7) is 1.54. The molecule has 2 N–H and O–H groups in total. The minimum atomic E-state index is -0.778. The van der Waals surface area contributed by atoms with E-state index in [1.165, 1.54) is 7.11 Å². The summed E-state index contributed by atoms with van der Waals surface area (Å²) in [6.07, 6.45) is 1.11. The van der Waals surface area contributed by atoms with Crippen LogP contribution in [0.5, 0.6) is 11.5 Å². The first-order valence-electron chi connectivity index (χ1n) is 9.23. The highest BCUT2D eigenvalue weighted by atomic mass is 16.5. The Hall–Kier alpha value is -3.35. The van der Waals surface area contributed by atoms with E-state index < -0.39 is 12.0 Å². The van der Waals surface area contributed by atoms with Crippen LogP contribution in [0.4, 0.5) is 0 Å². The van der Waals surface area contributed by atoms with E-state index in [4.69, 9.17) is 19.6 Å². The number of benzene rings is 2. The van der Waals surface area contributed by atoms with Gasteiger partial charge in [0.15, 0.2) is 5.90 Å². The average Bonchev–Trinajstić information content (AvgIpc) is 2.72. The van der Waals surface area contributed by atoms with Gasteiger partial charge in [0.05, 0.1) is 14.2 Å². The molecule has 2 rings (SSSR count). The molecule has 0 bridgehead atoms. The fourth-order valence-electron chi connectivity index (χ4n) is 2.76. The van der Waals surface area contributed by atoms with Crippen molar-refractivity contribution >= 4 is 17.8 Å². The Morgan fingerprint density at radius 1 is 0.966 bits per heavy atom. The maximum Gasteiger partial charge on any atom is 0.328 e. The molecule has 0 fully saturated rings. The zero-order chi connectivity index (χ0) is 21.2. The molecule has 0 radical (unpaired) electrons. The quantitative estimate of drug-likeness (QED) is 0.385. The first kappa shape index (κ1) is 21.9. The number of esters is 1. The van der Waals surface area contributed by atoms with Gasteiger partial charge >= 0.3 is 5.97 Å². The van der Waals surface area contributed by atoms with Gasteiger partial charge in [0.25, 0.3) is 0 Å².